The number of halogens is 2. The standard InChI is InChI=1S/C20H14Cl2O3/c21-16-8-11-19(18(22)12-16)25-20(23)13-24-17-9-6-15(7-10-17)14-4-2-1-3-5-14/h1-12H,13H2. The average Bonchev–Trinajstić information content (AvgIpc) is 2.63. The van der Waals surface area contributed by atoms with E-state index in [1.807, 2.05) is 54.6 Å². The van der Waals surface area contributed by atoms with Crippen LogP contribution in [0, 0.1) is 0 Å². The summed E-state index contributed by atoms with van der Waals surface area (Å²) < 4.78 is 10.6. The van der Waals surface area contributed by atoms with Gasteiger partial charge in [-0.15, -0.1) is 0 Å². The van der Waals surface area contributed by atoms with Gasteiger partial charge in [0.2, 0.25) is 0 Å². The normalized spacial score (nSPS) is 10.3. The van der Waals surface area contributed by atoms with Gasteiger partial charge in [0.1, 0.15) is 11.5 Å². The highest BCUT2D eigenvalue weighted by Gasteiger charge is 2.10. The van der Waals surface area contributed by atoms with Crippen LogP contribution in [0.2, 0.25) is 10.0 Å². The number of benzene rings is 3. The molecule has 126 valence electrons. The van der Waals surface area contributed by atoms with Crippen LogP contribution in [-0.4, -0.2) is 12.6 Å². The van der Waals surface area contributed by atoms with Gasteiger partial charge in [-0.05, 0) is 41.5 Å². The maximum Gasteiger partial charge on any atom is 0.349 e. The van der Waals surface area contributed by atoms with Gasteiger partial charge in [0.15, 0.2) is 6.61 Å². The Morgan fingerprint density at radius 2 is 1.52 bits per heavy atom. The van der Waals surface area contributed by atoms with Crippen LogP contribution < -0.4 is 9.47 Å². The zero-order chi connectivity index (χ0) is 17.6. The molecule has 0 N–H and O–H groups in total. The number of hydrogen-bond acceptors (Lipinski definition) is 3. The van der Waals surface area contributed by atoms with Crippen LogP contribution in [-0.2, 0) is 4.79 Å². The van der Waals surface area contributed by atoms with E-state index in [0.29, 0.717) is 10.8 Å². The Morgan fingerprint density at radius 1 is 0.840 bits per heavy atom. The lowest BCUT2D eigenvalue weighted by Gasteiger charge is -2.09. The summed E-state index contributed by atoms with van der Waals surface area (Å²) in [5.74, 6) is 0.286. The molecule has 0 atom stereocenters. The zero-order valence-corrected chi connectivity index (χ0v) is 14.6. The van der Waals surface area contributed by atoms with Crippen molar-refractivity contribution in [2.75, 3.05) is 6.61 Å². The molecular weight excluding hydrogens is 359 g/mol. The van der Waals surface area contributed by atoms with Crippen LogP contribution in [0.15, 0.2) is 72.8 Å². The number of ether oxygens (including phenoxy) is 2. The van der Waals surface area contributed by atoms with E-state index in [0.717, 1.165) is 11.1 Å². The van der Waals surface area contributed by atoms with Crippen LogP contribution in [0.1, 0.15) is 0 Å². The van der Waals surface area contributed by atoms with Crippen LogP contribution in [0.5, 0.6) is 11.5 Å². The SMILES string of the molecule is O=C(COc1ccc(-c2ccccc2)cc1)Oc1ccc(Cl)cc1Cl. The van der Waals surface area contributed by atoms with Crippen molar-refractivity contribution >= 4 is 29.2 Å². The lowest BCUT2D eigenvalue weighted by molar-refractivity contribution is -0.136. The molecule has 25 heavy (non-hydrogen) atoms. The second-order valence-electron chi connectivity index (χ2n) is 5.23. The maximum atomic E-state index is 11.9. The van der Waals surface area contributed by atoms with Gasteiger partial charge in [0.25, 0.3) is 0 Å². The summed E-state index contributed by atoms with van der Waals surface area (Å²) in [7, 11) is 0. The molecule has 0 aliphatic heterocycles. The highest BCUT2D eigenvalue weighted by atomic mass is 35.5. The molecule has 3 aromatic carbocycles. The minimum absolute atomic E-state index is 0.219. The van der Waals surface area contributed by atoms with Crippen molar-refractivity contribution in [3.63, 3.8) is 0 Å². The van der Waals surface area contributed by atoms with E-state index < -0.39 is 5.97 Å². The molecule has 3 nitrogen and oxygen atoms in total. The minimum atomic E-state index is -0.545. The largest absolute Gasteiger partial charge is 0.482 e. The van der Waals surface area contributed by atoms with Gasteiger partial charge in [0.05, 0.1) is 5.02 Å². The van der Waals surface area contributed by atoms with Gasteiger partial charge in [-0.3, -0.25) is 0 Å². The van der Waals surface area contributed by atoms with Crippen LogP contribution in [0.25, 0.3) is 11.1 Å². The van der Waals surface area contributed by atoms with Gasteiger partial charge in [-0.1, -0.05) is 65.7 Å². The first-order valence-electron chi connectivity index (χ1n) is 7.56. The maximum absolute atomic E-state index is 11.9. The molecule has 0 aromatic heterocycles. The van der Waals surface area contributed by atoms with Crippen molar-refractivity contribution in [3.05, 3.63) is 82.8 Å². The molecule has 0 amide bonds. The van der Waals surface area contributed by atoms with Crippen molar-refractivity contribution in [3.8, 4) is 22.6 Å². The molecule has 0 heterocycles. The molecule has 0 spiro atoms. The molecule has 3 aromatic rings. The summed E-state index contributed by atoms with van der Waals surface area (Å²) >= 11 is 11.8. The highest BCUT2D eigenvalue weighted by Crippen LogP contribution is 2.27. The molecular formula is C20H14Cl2O3. The van der Waals surface area contributed by atoms with Gasteiger partial charge >= 0.3 is 5.97 Å². The van der Waals surface area contributed by atoms with E-state index in [9.17, 15) is 4.79 Å². The molecule has 0 unspecified atom stereocenters. The number of esters is 1. The average molecular weight is 373 g/mol. The van der Waals surface area contributed by atoms with E-state index in [4.69, 9.17) is 32.7 Å². The predicted molar refractivity (Wildman–Crippen MR) is 99.5 cm³/mol. The van der Waals surface area contributed by atoms with Crippen molar-refractivity contribution in [1.29, 1.82) is 0 Å². The fourth-order valence-corrected chi connectivity index (χ4v) is 2.67. The Morgan fingerprint density at radius 3 is 2.20 bits per heavy atom. The molecule has 5 heteroatoms. The van der Waals surface area contributed by atoms with E-state index in [2.05, 4.69) is 0 Å². The summed E-state index contributed by atoms with van der Waals surface area (Å²) in [5.41, 5.74) is 2.19. The first-order chi connectivity index (χ1) is 12.1. The first-order valence-corrected chi connectivity index (χ1v) is 8.31. The predicted octanol–water partition coefficient (Wildman–Crippen LogP) is 5.64. The number of carbonyl (C=O) groups excluding carboxylic acids is 1. The third-order valence-corrected chi connectivity index (χ3v) is 3.97. The summed E-state index contributed by atoms with van der Waals surface area (Å²) in [6.45, 7) is -0.219. The van der Waals surface area contributed by atoms with E-state index in [1.165, 1.54) is 12.1 Å². The van der Waals surface area contributed by atoms with Gasteiger partial charge in [-0.25, -0.2) is 4.79 Å². The Hall–Kier alpha value is -2.49. The molecule has 3 rings (SSSR count). The summed E-state index contributed by atoms with van der Waals surface area (Å²) in [6.07, 6.45) is 0. The van der Waals surface area contributed by atoms with E-state index >= 15 is 0 Å². The molecule has 0 bridgehead atoms. The molecule has 0 aliphatic carbocycles. The fourth-order valence-electron chi connectivity index (χ4n) is 2.23. The number of hydrogen-bond donors (Lipinski definition) is 0. The van der Waals surface area contributed by atoms with Crippen molar-refractivity contribution in [2.45, 2.75) is 0 Å². The Labute approximate surface area is 155 Å². The molecule has 0 radical (unpaired) electrons. The Bertz CT molecular complexity index is 862. The first kappa shape index (κ1) is 17.3. The molecule has 0 saturated heterocycles. The van der Waals surface area contributed by atoms with Crippen LogP contribution >= 0.6 is 23.2 Å². The summed E-state index contributed by atoms with van der Waals surface area (Å²) in [5, 5.41) is 0.743. The van der Waals surface area contributed by atoms with Gasteiger partial charge in [0, 0.05) is 5.02 Å². The zero-order valence-electron chi connectivity index (χ0n) is 13.1. The smallest absolute Gasteiger partial charge is 0.349 e. The third kappa shape index (κ3) is 4.75. The monoisotopic (exact) mass is 372 g/mol. The lowest BCUT2D eigenvalue weighted by atomic mass is 10.1. The quantitative estimate of drug-likeness (QED) is 0.429. The second kappa shape index (κ2) is 8.06. The third-order valence-electron chi connectivity index (χ3n) is 3.44. The Balaban J connectivity index is 1.57. The molecule has 0 saturated carbocycles. The van der Waals surface area contributed by atoms with E-state index in [-0.39, 0.29) is 17.4 Å². The molecule has 0 fully saturated rings. The van der Waals surface area contributed by atoms with Crippen molar-refractivity contribution in [2.24, 2.45) is 0 Å². The topological polar surface area (TPSA) is 35.5 Å². The van der Waals surface area contributed by atoms with E-state index in [1.54, 1.807) is 6.07 Å². The fraction of sp³-hybridized carbons (Fsp3) is 0.0500. The van der Waals surface area contributed by atoms with Crippen molar-refractivity contribution < 1.29 is 14.3 Å². The Kier molecular flexibility index (Phi) is 5.59. The molecule has 0 aliphatic rings. The van der Waals surface area contributed by atoms with Gasteiger partial charge in [-0.2, -0.15) is 0 Å². The summed E-state index contributed by atoms with van der Waals surface area (Å²) in [6, 6.07) is 22.1. The number of carbonyl (C=O) groups is 1. The van der Waals surface area contributed by atoms with Crippen LogP contribution in [0.4, 0.5) is 0 Å². The lowest BCUT2D eigenvalue weighted by Crippen LogP contribution is -2.17. The summed E-state index contributed by atoms with van der Waals surface area (Å²) in [4.78, 5) is 11.9. The van der Waals surface area contributed by atoms with Crippen LogP contribution in [0.3, 0.4) is 0 Å². The van der Waals surface area contributed by atoms with Gasteiger partial charge < -0.3 is 9.47 Å². The van der Waals surface area contributed by atoms with Crippen molar-refractivity contribution in [1.82, 2.24) is 0 Å². The highest BCUT2D eigenvalue weighted by molar-refractivity contribution is 6.35. The number of rotatable bonds is 5. The minimum Gasteiger partial charge on any atom is -0.482 e. The second-order valence-corrected chi connectivity index (χ2v) is 6.07.